The number of amides is 1. The van der Waals surface area contributed by atoms with Crippen LogP contribution in [0.25, 0.3) is 0 Å². The van der Waals surface area contributed by atoms with Crippen molar-refractivity contribution in [1.29, 1.82) is 0 Å². The summed E-state index contributed by atoms with van der Waals surface area (Å²) in [4.78, 5) is 13.1. The van der Waals surface area contributed by atoms with Crippen molar-refractivity contribution in [2.24, 2.45) is 5.92 Å². The van der Waals surface area contributed by atoms with Gasteiger partial charge >= 0.3 is 0 Å². The Hall–Kier alpha value is -0.640. The lowest BCUT2D eigenvalue weighted by Gasteiger charge is -2.29. The summed E-state index contributed by atoms with van der Waals surface area (Å²) in [5.41, 5.74) is 0. The topological polar surface area (TPSA) is 32.3 Å². The highest BCUT2D eigenvalue weighted by Crippen LogP contribution is 2.16. The van der Waals surface area contributed by atoms with Crippen LogP contribution < -0.4 is 5.32 Å². The summed E-state index contributed by atoms with van der Waals surface area (Å²) in [5, 5.41) is 3.04. The van der Waals surface area contributed by atoms with Gasteiger partial charge in [-0.15, -0.1) is 0 Å². The molecule has 4 heteroatoms. The minimum atomic E-state index is -0.790. The predicted octanol–water partition coefficient (Wildman–Crippen LogP) is -0.224. The van der Waals surface area contributed by atoms with Crippen molar-refractivity contribution in [2.45, 2.75) is 12.6 Å². The fraction of sp³-hybridized carbons (Fsp3) is 0.875. The van der Waals surface area contributed by atoms with Crippen molar-refractivity contribution < 1.29 is 9.18 Å². The maximum absolute atomic E-state index is 12.7. The Bertz CT molecular complexity index is 193. The van der Waals surface area contributed by atoms with E-state index in [0.717, 1.165) is 13.1 Å². The molecule has 0 unspecified atom stereocenters. The van der Waals surface area contributed by atoms with Crippen molar-refractivity contribution >= 4 is 5.91 Å². The fourth-order valence-corrected chi connectivity index (χ4v) is 1.64. The molecule has 1 N–H and O–H groups in total. The third-order valence-electron chi connectivity index (χ3n) is 2.57. The Kier molecular flexibility index (Phi) is 2.00. The monoisotopic (exact) mass is 172 g/mol. The minimum absolute atomic E-state index is 0.121. The number of halogens is 1. The lowest BCUT2D eigenvalue weighted by Crippen LogP contribution is -2.51. The summed E-state index contributed by atoms with van der Waals surface area (Å²) in [5.74, 6) is 0.254. The van der Waals surface area contributed by atoms with Gasteiger partial charge in [0.15, 0.2) is 0 Å². The van der Waals surface area contributed by atoms with Gasteiger partial charge in [0.2, 0.25) is 5.91 Å². The molecule has 12 heavy (non-hydrogen) atoms. The van der Waals surface area contributed by atoms with Crippen LogP contribution in [0.1, 0.15) is 6.42 Å². The van der Waals surface area contributed by atoms with Crippen molar-refractivity contribution in [3.05, 3.63) is 0 Å². The van der Waals surface area contributed by atoms with Gasteiger partial charge in [0.1, 0.15) is 6.17 Å². The molecule has 0 radical (unpaired) electrons. The second-order valence-electron chi connectivity index (χ2n) is 3.53. The van der Waals surface area contributed by atoms with Gasteiger partial charge in [-0.1, -0.05) is 0 Å². The van der Waals surface area contributed by atoms with Crippen LogP contribution in [-0.2, 0) is 4.79 Å². The molecule has 0 aliphatic carbocycles. The number of carbonyl (C=O) groups excluding carboxylic acids is 1. The summed E-state index contributed by atoms with van der Waals surface area (Å²) in [6.07, 6.45) is -0.270. The Morgan fingerprint density at radius 2 is 2.25 bits per heavy atom. The third kappa shape index (κ3) is 1.31. The van der Waals surface area contributed by atoms with E-state index in [-0.39, 0.29) is 11.8 Å². The Morgan fingerprint density at radius 3 is 2.67 bits per heavy atom. The van der Waals surface area contributed by atoms with Crippen LogP contribution in [0.2, 0.25) is 0 Å². The van der Waals surface area contributed by atoms with Crippen molar-refractivity contribution in [1.82, 2.24) is 10.2 Å². The number of likely N-dealkylation sites (tertiary alicyclic amines) is 1. The van der Waals surface area contributed by atoms with E-state index >= 15 is 0 Å². The molecule has 2 aliphatic rings. The van der Waals surface area contributed by atoms with Crippen LogP contribution >= 0.6 is 0 Å². The maximum atomic E-state index is 12.7. The van der Waals surface area contributed by atoms with Gasteiger partial charge in [-0.25, -0.2) is 4.39 Å². The SMILES string of the molecule is O=C(C1CNC1)N1CC[C@H](F)C1. The molecule has 2 aliphatic heterocycles. The van der Waals surface area contributed by atoms with Gasteiger partial charge in [0.05, 0.1) is 12.5 Å². The van der Waals surface area contributed by atoms with Gasteiger partial charge in [0.25, 0.3) is 0 Å². The van der Waals surface area contributed by atoms with Gasteiger partial charge in [-0.2, -0.15) is 0 Å². The second-order valence-corrected chi connectivity index (χ2v) is 3.53. The smallest absolute Gasteiger partial charge is 0.228 e. The maximum Gasteiger partial charge on any atom is 0.228 e. The highest BCUT2D eigenvalue weighted by atomic mass is 19.1. The molecular formula is C8H13FN2O. The fourth-order valence-electron chi connectivity index (χ4n) is 1.64. The first-order chi connectivity index (χ1) is 5.77. The molecule has 3 nitrogen and oxygen atoms in total. The Morgan fingerprint density at radius 1 is 1.50 bits per heavy atom. The third-order valence-corrected chi connectivity index (χ3v) is 2.57. The quantitative estimate of drug-likeness (QED) is 0.593. The lowest BCUT2D eigenvalue weighted by atomic mass is 10.0. The molecule has 2 rings (SSSR count). The summed E-state index contributed by atoms with van der Waals surface area (Å²) < 4.78 is 12.7. The normalized spacial score (nSPS) is 30.4. The number of nitrogens with zero attached hydrogens (tertiary/aromatic N) is 1. The molecule has 1 amide bonds. The summed E-state index contributed by atoms with van der Waals surface area (Å²) in [6, 6.07) is 0. The molecule has 0 bridgehead atoms. The average Bonchev–Trinajstić information content (AvgIpc) is 2.31. The van der Waals surface area contributed by atoms with Gasteiger partial charge in [-0.05, 0) is 6.42 Å². The van der Waals surface area contributed by atoms with Crippen LogP contribution in [0.5, 0.6) is 0 Å². The molecule has 1 atom stereocenters. The molecule has 68 valence electrons. The van der Waals surface area contributed by atoms with Crippen LogP contribution in [-0.4, -0.2) is 43.2 Å². The van der Waals surface area contributed by atoms with E-state index in [2.05, 4.69) is 5.32 Å². The highest BCUT2D eigenvalue weighted by molar-refractivity contribution is 5.80. The van der Waals surface area contributed by atoms with Gasteiger partial charge in [-0.3, -0.25) is 4.79 Å². The van der Waals surface area contributed by atoms with Crippen LogP contribution in [0.4, 0.5) is 4.39 Å². The molecule has 0 aromatic heterocycles. The second kappa shape index (κ2) is 3.01. The predicted molar refractivity (Wildman–Crippen MR) is 42.5 cm³/mol. The van der Waals surface area contributed by atoms with Crippen molar-refractivity contribution in [3.63, 3.8) is 0 Å². The average molecular weight is 172 g/mol. The zero-order valence-corrected chi connectivity index (χ0v) is 6.92. The zero-order valence-electron chi connectivity index (χ0n) is 6.92. The summed E-state index contributed by atoms with van der Waals surface area (Å²) in [7, 11) is 0. The largest absolute Gasteiger partial charge is 0.339 e. The molecule has 0 aromatic carbocycles. The first kappa shape index (κ1) is 7.98. The van der Waals surface area contributed by atoms with E-state index in [1.807, 2.05) is 0 Å². The number of hydrogen-bond donors (Lipinski definition) is 1. The van der Waals surface area contributed by atoms with Crippen molar-refractivity contribution in [3.8, 4) is 0 Å². The van der Waals surface area contributed by atoms with Crippen LogP contribution in [0.15, 0.2) is 0 Å². The summed E-state index contributed by atoms with van der Waals surface area (Å²) >= 11 is 0. The lowest BCUT2D eigenvalue weighted by molar-refractivity contribution is -0.136. The highest BCUT2D eigenvalue weighted by Gasteiger charge is 2.33. The molecular weight excluding hydrogens is 159 g/mol. The van der Waals surface area contributed by atoms with E-state index in [4.69, 9.17) is 0 Å². The van der Waals surface area contributed by atoms with E-state index in [1.54, 1.807) is 4.90 Å². The van der Waals surface area contributed by atoms with Crippen molar-refractivity contribution in [2.75, 3.05) is 26.2 Å². The molecule has 0 spiro atoms. The number of nitrogens with one attached hydrogen (secondary N) is 1. The number of rotatable bonds is 1. The summed E-state index contributed by atoms with van der Waals surface area (Å²) in [6.45, 7) is 2.46. The Balaban J connectivity index is 1.87. The minimum Gasteiger partial charge on any atom is -0.339 e. The number of carbonyl (C=O) groups is 1. The number of hydrogen-bond acceptors (Lipinski definition) is 2. The van der Waals surface area contributed by atoms with Gasteiger partial charge in [0, 0.05) is 19.6 Å². The van der Waals surface area contributed by atoms with E-state index in [0.29, 0.717) is 19.5 Å². The molecule has 2 fully saturated rings. The molecule has 0 aromatic rings. The first-order valence-electron chi connectivity index (χ1n) is 4.41. The standard InChI is InChI=1S/C8H13FN2O/c9-7-1-2-11(5-7)8(12)6-3-10-4-6/h6-7,10H,1-5H2/t7-/m0/s1. The Labute approximate surface area is 70.9 Å². The van der Waals surface area contributed by atoms with Crippen LogP contribution in [0.3, 0.4) is 0 Å². The zero-order chi connectivity index (χ0) is 8.55. The number of alkyl halides is 1. The molecule has 2 saturated heterocycles. The molecule has 2 heterocycles. The molecule has 0 saturated carbocycles. The van der Waals surface area contributed by atoms with E-state index < -0.39 is 6.17 Å². The van der Waals surface area contributed by atoms with Gasteiger partial charge < -0.3 is 10.2 Å². The van der Waals surface area contributed by atoms with Crippen LogP contribution in [0, 0.1) is 5.92 Å². The van der Waals surface area contributed by atoms with E-state index in [9.17, 15) is 9.18 Å². The first-order valence-corrected chi connectivity index (χ1v) is 4.41. The van der Waals surface area contributed by atoms with E-state index in [1.165, 1.54) is 0 Å².